The van der Waals surface area contributed by atoms with Gasteiger partial charge in [-0.25, -0.2) is 4.79 Å². The number of aryl methyl sites for hydroxylation is 1. The van der Waals surface area contributed by atoms with Crippen LogP contribution < -0.4 is 0 Å². The van der Waals surface area contributed by atoms with Crippen LogP contribution in [-0.2, 0) is 4.79 Å². The Labute approximate surface area is 98.6 Å². The van der Waals surface area contributed by atoms with E-state index in [4.69, 9.17) is 5.11 Å². The quantitative estimate of drug-likeness (QED) is 0.796. The predicted octanol–water partition coefficient (Wildman–Crippen LogP) is 0.797. The Morgan fingerprint density at radius 2 is 2.29 bits per heavy atom. The number of carboxylic acid groups (broad SMARTS) is 1. The van der Waals surface area contributed by atoms with Gasteiger partial charge in [0.25, 0.3) is 5.91 Å². The van der Waals surface area contributed by atoms with Crippen molar-refractivity contribution in [2.24, 2.45) is 0 Å². The van der Waals surface area contributed by atoms with E-state index in [2.05, 4.69) is 10.2 Å². The van der Waals surface area contributed by atoms with Gasteiger partial charge in [0.05, 0.1) is 0 Å². The average molecular weight is 237 g/mol. The van der Waals surface area contributed by atoms with Crippen LogP contribution in [0.15, 0.2) is 6.07 Å². The van der Waals surface area contributed by atoms with E-state index in [0.717, 1.165) is 18.5 Å². The van der Waals surface area contributed by atoms with Crippen molar-refractivity contribution in [3.63, 3.8) is 0 Å². The molecule has 1 saturated heterocycles. The van der Waals surface area contributed by atoms with Gasteiger partial charge < -0.3 is 10.0 Å². The van der Waals surface area contributed by atoms with Crippen LogP contribution in [0.2, 0.25) is 0 Å². The molecule has 0 spiro atoms. The minimum Gasteiger partial charge on any atom is -0.480 e. The number of carbonyl (C=O) groups is 2. The second-order valence-electron chi connectivity index (χ2n) is 4.28. The van der Waals surface area contributed by atoms with Gasteiger partial charge in [0.1, 0.15) is 11.7 Å². The van der Waals surface area contributed by atoms with E-state index in [1.54, 1.807) is 13.0 Å². The van der Waals surface area contributed by atoms with Crippen LogP contribution in [0.1, 0.15) is 35.4 Å². The lowest BCUT2D eigenvalue weighted by molar-refractivity contribution is -0.143. The standard InChI is InChI=1S/C11H15N3O3/c1-7-6-8(13-12-7)10(15)14-5-3-2-4-9(14)11(16)17/h6,9H,2-5H2,1H3,(H,12,13)(H,16,17). The van der Waals surface area contributed by atoms with Crippen LogP contribution in [0.4, 0.5) is 0 Å². The number of aromatic nitrogens is 2. The first kappa shape index (κ1) is 11.6. The number of aliphatic carboxylic acids is 1. The molecule has 0 bridgehead atoms. The molecule has 0 radical (unpaired) electrons. The topological polar surface area (TPSA) is 86.3 Å². The highest BCUT2D eigenvalue weighted by molar-refractivity contribution is 5.95. The number of H-pyrrole nitrogens is 1. The number of hydrogen-bond donors (Lipinski definition) is 2. The summed E-state index contributed by atoms with van der Waals surface area (Å²) < 4.78 is 0. The molecular formula is C11H15N3O3. The summed E-state index contributed by atoms with van der Waals surface area (Å²) in [5.41, 5.74) is 1.08. The van der Waals surface area contributed by atoms with Crippen molar-refractivity contribution in [2.75, 3.05) is 6.54 Å². The highest BCUT2D eigenvalue weighted by Crippen LogP contribution is 2.19. The van der Waals surface area contributed by atoms with E-state index < -0.39 is 12.0 Å². The first-order valence-electron chi connectivity index (χ1n) is 5.65. The Kier molecular flexibility index (Phi) is 3.12. The minimum absolute atomic E-state index is 0.288. The Morgan fingerprint density at radius 3 is 2.88 bits per heavy atom. The second kappa shape index (κ2) is 4.57. The van der Waals surface area contributed by atoms with Gasteiger partial charge in [0.2, 0.25) is 0 Å². The lowest BCUT2D eigenvalue weighted by Crippen LogP contribution is -2.48. The molecular weight excluding hydrogens is 222 g/mol. The third kappa shape index (κ3) is 2.30. The Hall–Kier alpha value is -1.85. The van der Waals surface area contributed by atoms with Crippen molar-refractivity contribution in [2.45, 2.75) is 32.2 Å². The van der Waals surface area contributed by atoms with Crippen molar-refractivity contribution in [3.8, 4) is 0 Å². The smallest absolute Gasteiger partial charge is 0.326 e. The van der Waals surface area contributed by atoms with Gasteiger partial charge in [-0.3, -0.25) is 9.89 Å². The summed E-state index contributed by atoms with van der Waals surface area (Å²) in [5, 5.41) is 15.7. The third-order valence-corrected chi connectivity index (χ3v) is 2.97. The van der Waals surface area contributed by atoms with Gasteiger partial charge in [-0.1, -0.05) is 0 Å². The van der Waals surface area contributed by atoms with E-state index in [1.807, 2.05) is 0 Å². The number of carboxylic acids is 1. The number of amides is 1. The molecule has 6 heteroatoms. The Balaban J connectivity index is 2.19. The molecule has 17 heavy (non-hydrogen) atoms. The van der Waals surface area contributed by atoms with E-state index >= 15 is 0 Å². The summed E-state index contributed by atoms with van der Waals surface area (Å²) in [5.74, 6) is -1.24. The lowest BCUT2D eigenvalue weighted by atomic mass is 10.0. The van der Waals surface area contributed by atoms with Crippen molar-refractivity contribution < 1.29 is 14.7 Å². The molecule has 0 aliphatic carbocycles. The minimum atomic E-state index is -0.940. The molecule has 1 unspecified atom stereocenters. The summed E-state index contributed by atoms with van der Waals surface area (Å²) in [6.45, 7) is 2.29. The summed E-state index contributed by atoms with van der Waals surface area (Å²) in [6, 6.07) is 0.920. The molecule has 2 rings (SSSR count). The largest absolute Gasteiger partial charge is 0.480 e. The van der Waals surface area contributed by atoms with Crippen molar-refractivity contribution in [1.82, 2.24) is 15.1 Å². The molecule has 2 N–H and O–H groups in total. The van der Waals surface area contributed by atoms with Gasteiger partial charge in [-0.2, -0.15) is 5.10 Å². The number of carbonyl (C=O) groups excluding carboxylic acids is 1. The maximum Gasteiger partial charge on any atom is 0.326 e. The second-order valence-corrected chi connectivity index (χ2v) is 4.28. The van der Waals surface area contributed by atoms with Gasteiger partial charge in [0.15, 0.2) is 0 Å². The van der Waals surface area contributed by atoms with Gasteiger partial charge >= 0.3 is 5.97 Å². The van der Waals surface area contributed by atoms with E-state index in [9.17, 15) is 9.59 Å². The zero-order valence-corrected chi connectivity index (χ0v) is 9.64. The Bertz CT molecular complexity index is 441. The van der Waals surface area contributed by atoms with Crippen LogP contribution in [-0.4, -0.2) is 44.7 Å². The molecule has 6 nitrogen and oxygen atoms in total. The average Bonchev–Trinajstić information content (AvgIpc) is 2.75. The summed E-state index contributed by atoms with van der Waals surface area (Å²) in [4.78, 5) is 24.6. The molecule has 1 aromatic heterocycles. The zero-order chi connectivity index (χ0) is 12.4. The molecule has 92 valence electrons. The van der Waals surface area contributed by atoms with Gasteiger partial charge in [-0.05, 0) is 32.3 Å². The molecule has 1 amide bonds. The Morgan fingerprint density at radius 1 is 1.53 bits per heavy atom. The van der Waals surface area contributed by atoms with Crippen LogP contribution in [0.5, 0.6) is 0 Å². The first-order valence-corrected chi connectivity index (χ1v) is 5.65. The fourth-order valence-electron chi connectivity index (χ4n) is 2.11. The van der Waals surface area contributed by atoms with Crippen LogP contribution >= 0.6 is 0 Å². The van der Waals surface area contributed by atoms with Crippen LogP contribution in [0.3, 0.4) is 0 Å². The highest BCUT2D eigenvalue weighted by atomic mass is 16.4. The number of nitrogens with zero attached hydrogens (tertiary/aromatic N) is 2. The van der Waals surface area contributed by atoms with E-state index in [0.29, 0.717) is 13.0 Å². The maximum absolute atomic E-state index is 12.1. The summed E-state index contributed by atoms with van der Waals surface area (Å²) in [6.07, 6.45) is 2.21. The zero-order valence-electron chi connectivity index (χ0n) is 9.64. The van der Waals surface area contributed by atoms with Crippen LogP contribution in [0.25, 0.3) is 0 Å². The predicted molar refractivity (Wildman–Crippen MR) is 59.6 cm³/mol. The lowest BCUT2D eigenvalue weighted by Gasteiger charge is -2.32. The molecule has 0 aromatic carbocycles. The van der Waals surface area contributed by atoms with E-state index in [-0.39, 0.29) is 11.6 Å². The SMILES string of the molecule is Cc1cc(C(=O)N2CCCCC2C(=O)O)n[nH]1. The molecule has 0 saturated carbocycles. The monoisotopic (exact) mass is 237 g/mol. The summed E-state index contributed by atoms with van der Waals surface area (Å²) >= 11 is 0. The molecule has 1 aromatic rings. The maximum atomic E-state index is 12.1. The molecule has 1 atom stereocenters. The molecule has 1 aliphatic rings. The fraction of sp³-hybridized carbons (Fsp3) is 0.545. The van der Waals surface area contributed by atoms with Crippen molar-refractivity contribution in [1.29, 1.82) is 0 Å². The normalized spacial score (nSPS) is 20.3. The number of nitrogens with one attached hydrogen (secondary N) is 1. The molecule has 1 fully saturated rings. The molecule has 1 aliphatic heterocycles. The number of piperidine rings is 1. The number of hydrogen-bond acceptors (Lipinski definition) is 3. The summed E-state index contributed by atoms with van der Waals surface area (Å²) in [7, 11) is 0. The van der Waals surface area contributed by atoms with Crippen LogP contribution in [0, 0.1) is 6.92 Å². The van der Waals surface area contributed by atoms with Gasteiger partial charge in [0, 0.05) is 12.2 Å². The number of rotatable bonds is 2. The van der Waals surface area contributed by atoms with Crippen molar-refractivity contribution in [3.05, 3.63) is 17.5 Å². The first-order chi connectivity index (χ1) is 8.09. The third-order valence-electron chi connectivity index (χ3n) is 2.97. The number of aromatic amines is 1. The fourth-order valence-corrected chi connectivity index (χ4v) is 2.11. The van der Waals surface area contributed by atoms with E-state index in [1.165, 1.54) is 4.90 Å². The number of likely N-dealkylation sites (tertiary alicyclic amines) is 1. The van der Waals surface area contributed by atoms with Gasteiger partial charge in [-0.15, -0.1) is 0 Å². The van der Waals surface area contributed by atoms with Crippen molar-refractivity contribution >= 4 is 11.9 Å². The molecule has 2 heterocycles. The highest BCUT2D eigenvalue weighted by Gasteiger charge is 2.33.